The molecule has 1 heterocycles. The molecule has 0 unspecified atom stereocenters. The lowest BCUT2D eigenvalue weighted by molar-refractivity contribution is 0.0950. The minimum Gasteiger partial charge on any atom is -0.346 e. The van der Waals surface area contributed by atoms with Gasteiger partial charge in [-0.05, 0) is 42.0 Å². The van der Waals surface area contributed by atoms with E-state index in [9.17, 15) is 13.2 Å². The summed E-state index contributed by atoms with van der Waals surface area (Å²) in [5.74, 6) is -0.245. The summed E-state index contributed by atoms with van der Waals surface area (Å²) >= 11 is 12.3. The summed E-state index contributed by atoms with van der Waals surface area (Å²) in [6, 6.07) is 17.0. The van der Waals surface area contributed by atoms with E-state index in [0.717, 1.165) is 11.9 Å². The number of carbonyl (C=O) groups is 1. The van der Waals surface area contributed by atoms with E-state index in [-0.39, 0.29) is 22.5 Å². The van der Waals surface area contributed by atoms with Crippen LogP contribution in [0.5, 0.6) is 0 Å². The molecule has 1 aromatic heterocycles. The van der Waals surface area contributed by atoms with Crippen LogP contribution < -0.4 is 9.62 Å². The van der Waals surface area contributed by atoms with Crippen molar-refractivity contribution < 1.29 is 13.2 Å². The Kier molecular flexibility index (Phi) is 6.97. The normalized spacial score (nSPS) is 11.2. The molecule has 1 amide bonds. The van der Waals surface area contributed by atoms with Crippen LogP contribution in [-0.2, 0) is 23.1 Å². The number of anilines is 1. The Morgan fingerprint density at radius 1 is 1.03 bits per heavy atom. The molecule has 1 N–H and O–H groups in total. The standard InChI is InChI=1S/C21H19Cl2N3O3S/c1-30(28,29)26(19-7-4-6-18(22)20(19)23)14-15-8-10-16(11-9-15)21(27)25-13-17-5-2-3-12-24-17/h2-12H,13-14H2,1H3,(H,25,27). The Labute approximate surface area is 185 Å². The molecule has 3 aromatic rings. The molecule has 0 saturated heterocycles. The van der Waals surface area contributed by atoms with Gasteiger partial charge >= 0.3 is 0 Å². The van der Waals surface area contributed by atoms with Gasteiger partial charge in [0.15, 0.2) is 0 Å². The van der Waals surface area contributed by atoms with Crippen molar-refractivity contribution in [2.24, 2.45) is 0 Å². The summed E-state index contributed by atoms with van der Waals surface area (Å²) in [5.41, 5.74) is 2.20. The van der Waals surface area contributed by atoms with Crippen LogP contribution in [0.2, 0.25) is 10.0 Å². The Bertz CT molecular complexity index is 1140. The van der Waals surface area contributed by atoms with Crippen LogP contribution in [0, 0.1) is 0 Å². The molecule has 0 bridgehead atoms. The maximum atomic E-state index is 12.3. The van der Waals surface area contributed by atoms with Gasteiger partial charge in [-0.2, -0.15) is 0 Å². The van der Waals surface area contributed by atoms with E-state index < -0.39 is 10.0 Å². The van der Waals surface area contributed by atoms with Crippen molar-refractivity contribution in [1.29, 1.82) is 0 Å². The first-order valence-electron chi connectivity index (χ1n) is 8.94. The molecule has 9 heteroatoms. The molecule has 0 atom stereocenters. The van der Waals surface area contributed by atoms with Crippen LogP contribution >= 0.6 is 23.2 Å². The monoisotopic (exact) mass is 463 g/mol. The van der Waals surface area contributed by atoms with Crippen molar-refractivity contribution >= 4 is 44.8 Å². The SMILES string of the molecule is CS(=O)(=O)N(Cc1ccc(C(=O)NCc2ccccn2)cc1)c1cccc(Cl)c1Cl. The first kappa shape index (κ1) is 22.1. The third-order valence-corrected chi connectivity index (χ3v) is 6.23. The molecule has 0 aliphatic heterocycles. The minimum absolute atomic E-state index is 0.0503. The van der Waals surface area contributed by atoms with E-state index in [2.05, 4.69) is 10.3 Å². The average Bonchev–Trinajstić information content (AvgIpc) is 2.73. The predicted molar refractivity (Wildman–Crippen MR) is 119 cm³/mol. The molecule has 0 aliphatic carbocycles. The molecular weight excluding hydrogens is 445 g/mol. The number of halogens is 2. The van der Waals surface area contributed by atoms with Gasteiger partial charge in [0.05, 0.1) is 40.8 Å². The van der Waals surface area contributed by atoms with Crippen LogP contribution in [0.1, 0.15) is 21.6 Å². The number of hydrogen-bond donors (Lipinski definition) is 1. The molecule has 0 fully saturated rings. The van der Waals surface area contributed by atoms with Crippen molar-refractivity contribution in [3.05, 3.63) is 93.7 Å². The first-order chi connectivity index (χ1) is 14.3. The highest BCUT2D eigenvalue weighted by molar-refractivity contribution is 7.92. The number of sulfonamides is 1. The molecule has 2 aromatic carbocycles. The highest BCUT2D eigenvalue weighted by Crippen LogP contribution is 2.34. The Morgan fingerprint density at radius 3 is 2.40 bits per heavy atom. The molecule has 0 spiro atoms. The molecule has 3 rings (SSSR count). The van der Waals surface area contributed by atoms with E-state index in [1.54, 1.807) is 54.7 Å². The van der Waals surface area contributed by atoms with E-state index >= 15 is 0 Å². The van der Waals surface area contributed by atoms with Gasteiger partial charge in [0.25, 0.3) is 5.91 Å². The molecule has 6 nitrogen and oxygen atoms in total. The quantitative estimate of drug-likeness (QED) is 0.566. The number of nitrogens with zero attached hydrogens (tertiary/aromatic N) is 2. The second-order valence-electron chi connectivity index (χ2n) is 6.54. The van der Waals surface area contributed by atoms with E-state index in [1.165, 1.54) is 4.31 Å². The van der Waals surface area contributed by atoms with Crippen LogP contribution in [0.3, 0.4) is 0 Å². The topological polar surface area (TPSA) is 79.4 Å². The van der Waals surface area contributed by atoms with E-state index in [1.807, 2.05) is 12.1 Å². The second-order valence-corrected chi connectivity index (χ2v) is 9.24. The maximum Gasteiger partial charge on any atom is 0.251 e. The first-order valence-corrected chi connectivity index (χ1v) is 11.5. The number of rotatable bonds is 7. The molecule has 0 aliphatic rings. The van der Waals surface area contributed by atoms with Crippen molar-refractivity contribution in [3.63, 3.8) is 0 Å². The zero-order chi connectivity index (χ0) is 21.7. The van der Waals surface area contributed by atoms with Crippen LogP contribution in [-0.4, -0.2) is 25.6 Å². The summed E-state index contributed by atoms with van der Waals surface area (Å²) in [6.07, 6.45) is 2.76. The zero-order valence-electron chi connectivity index (χ0n) is 16.0. The van der Waals surface area contributed by atoms with Crippen molar-refractivity contribution in [3.8, 4) is 0 Å². The highest BCUT2D eigenvalue weighted by Gasteiger charge is 2.21. The molecular formula is C21H19Cl2N3O3S. The van der Waals surface area contributed by atoms with Crippen molar-refractivity contribution in [2.45, 2.75) is 13.1 Å². The number of nitrogens with one attached hydrogen (secondary N) is 1. The lowest BCUT2D eigenvalue weighted by atomic mass is 10.1. The lowest BCUT2D eigenvalue weighted by Gasteiger charge is -2.24. The number of hydrogen-bond acceptors (Lipinski definition) is 4. The van der Waals surface area contributed by atoms with Gasteiger partial charge < -0.3 is 5.32 Å². The lowest BCUT2D eigenvalue weighted by Crippen LogP contribution is -2.29. The van der Waals surface area contributed by atoms with Gasteiger partial charge in [0.2, 0.25) is 10.0 Å². The summed E-state index contributed by atoms with van der Waals surface area (Å²) in [4.78, 5) is 16.5. The molecule has 156 valence electrons. The van der Waals surface area contributed by atoms with Crippen LogP contribution in [0.15, 0.2) is 66.9 Å². The van der Waals surface area contributed by atoms with Gasteiger partial charge in [-0.1, -0.05) is 47.5 Å². The average molecular weight is 464 g/mol. The van der Waals surface area contributed by atoms with Gasteiger partial charge in [0.1, 0.15) is 0 Å². The number of carbonyl (C=O) groups excluding carboxylic acids is 1. The van der Waals surface area contributed by atoms with E-state index in [0.29, 0.717) is 23.4 Å². The third-order valence-electron chi connectivity index (χ3n) is 4.30. The van der Waals surface area contributed by atoms with E-state index in [4.69, 9.17) is 23.2 Å². The minimum atomic E-state index is -3.62. The smallest absolute Gasteiger partial charge is 0.251 e. The van der Waals surface area contributed by atoms with Gasteiger partial charge in [-0.15, -0.1) is 0 Å². The van der Waals surface area contributed by atoms with Gasteiger partial charge in [-0.25, -0.2) is 8.42 Å². The number of amides is 1. The largest absolute Gasteiger partial charge is 0.346 e. The third kappa shape index (κ3) is 5.50. The molecule has 0 radical (unpaired) electrons. The Hall–Kier alpha value is -2.61. The number of benzene rings is 2. The summed E-state index contributed by atoms with van der Waals surface area (Å²) < 4.78 is 25.9. The molecule has 30 heavy (non-hydrogen) atoms. The fraction of sp³-hybridized carbons (Fsp3) is 0.143. The summed E-state index contributed by atoms with van der Waals surface area (Å²) in [6.45, 7) is 0.366. The van der Waals surface area contributed by atoms with Crippen molar-refractivity contribution in [1.82, 2.24) is 10.3 Å². The number of aromatic nitrogens is 1. The fourth-order valence-corrected chi connectivity index (χ4v) is 4.11. The van der Waals surface area contributed by atoms with Gasteiger partial charge in [0, 0.05) is 11.8 Å². The predicted octanol–water partition coefficient (Wildman–Crippen LogP) is 4.28. The highest BCUT2D eigenvalue weighted by atomic mass is 35.5. The zero-order valence-corrected chi connectivity index (χ0v) is 18.4. The maximum absolute atomic E-state index is 12.3. The van der Waals surface area contributed by atoms with Gasteiger partial charge in [-0.3, -0.25) is 14.1 Å². The van der Waals surface area contributed by atoms with Crippen LogP contribution in [0.4, 0.5) is 5.69 Å². The summed E-state index contributed by atoms with van der Waals surface area (Å²) in [5, 5.41) is 3.23. The fourth-order valence-electron chi connectivity index (χ4n) is 2.77. The second kappa shape index (κ2) is 9.47. The summed E-state index contributed by atoms with van der Waals surface area (Å²) in [7, 11) is -3.62. The Morgan fingerprint density at radius 2 is 1.77 bits per heavy atom. The van der Waals surface area contributed by atoms with Crippen molar-refractivity contribution in [2.75, 3.05) is 10.6 Å². The Balaban J connectivity index is 1.74. The number of pyridine rings is 1. The van der Waals surface area contributed by atoms with Crippen LogP contribution in [0.25, 0.3) is 0 Å². The molecule has 0 saturated carbocycles.